The van der Waals surface area contributed by atoms with E-state index >= 15 is 0 Å². The van der Waals surface area contributed by atoms with Crippen molar-refractivity contribution >= 4 is 17.6 Å². The minimum absolute atomic E-state index is 0.125. The number of amidine groups is 1. The number of hydrogen-bond donors (Lipinski definition) is 3. The smallest absolute Gasteiger partial charge is 0.208 e. The van der Waals surface area contributed by atoms with Gasteiger partial charge in [-0.2, -0.15) is 0 Å². The second kappa shape index (κ2) is 5.70. The first-order valence-corrected chi connectivity index (χ1v) is 6.36. The van der Waals surface area contributed by atoms with Gasteiger partial charge in [-0.3, -0.25) is 5.10 Å². The maximum Gasteiger partial charge on any atom is 0.208 e. The number of oxime groups is 1. The third-order valence-corrected chi connectivity index (χ3v) is 3.22. The predicted molar refractivity (Wildman–Crippen MR) is 69.6 cm³/mol. The molecule has 0 spiro atoms. The molecule has 2 aromatic rings. The first kappa shape index (κ1) is 13.3. The summed E-state index contributed by atoms with van der Waals surface area (Å²) in [7, 11) is 0. The van der Waals surface area contributed by atoms with Crippen LogP contribution in [-0.4, -0.2) is 26.2 Å². The van der Waals surface area contributed by atoms with E-state index in [1.54, 1.807) is 13.0 Å². The summed E-state index contributed by atoms with van der Waals surface area (Å²) in [6.07, 6.45) is 0. The van der Waals surface area contributed by atoms with Gasteiger partial charge in [0, 0.05) is 11.3 Å². The number of aryl methyl sites for hydroxylation is 1. The van der Waals surface area contributed by atoms with E-state index in [4.69, 9.17) is 10.9 Å². The molecule has 0 saturated heterocycles. The van der Waals surface area contributed by atoms with Crippen LogP contribution in [0.2, 0.25) is 0 Å². The molecule has 2 rings (SSSR count). The largest absolute Gasteiger partial charge is 0.409 e. The number of aromatic amines is 1. The Morgan fingerprint density at radius 3 is 2.95 bits per heavy atom. The molecule has 0 amide bonds. The van der Waals surface area contributed by atoms with Crippen LogP contribution in [0.4, 0.5) is 4.39 Å². The van der Waals surface area contributed by atoms with E-state index in [0.29, 0.717) is 22.0 Å². The van der Waals surface area contributed by atoms with E-state index in [1.165, 1.54) is 23.9 Å². The lowest BCUT2D eigenvalue weighted by Gasteiger charge is -2.04. The SMILES string of the molecule is Cc1nc(SCc2cc(F)cc(/C(N)=N/O)c2)n[nH]1. The van der Waals surface area contributed by atoms with Gasteiger partial charge in [-0.25, -0.2) is 9.37 Å². The van der Waals surface area contributed by atoms with Gasteiger partial charge in [-0.1, -0.05) is 16.9 Å². The highest BCUT2D eigenvalue weighted by molar-refractivity contribution is 7.98. The molecule has 8 heteroatoms. The summed E-state index contributed by atoms with van der Waals surface area (Å²) in [4.78, 5) is 4.14. The van der Waals surface area contributed by atoms with Gasteiger partial charge in [0.25, 0.3) is 0 Å². The molecule has 0 radical (unpaired) electrons. The van der Waals surface area contributed by atoms with Gasteiger partial charge < -0.3 is 10.9 Å². The molecule has 0 saturated carbocycles. The zero-order valence-electron chi connectivity index (χ0n) is 10.1. The summed E-state index contributed by atoms with van der Waals surface area (Å²) in [5, 5.41) is 18.7. The van der Waals surface area contributed by atoms with Crippen molar-refractivity contribution in [1.82, 2.24) is 15.2 Å². The summed E-state index contributed by atoms with van der Waals surface area (Å²) in [6, 6.07) is 4.26. The van der Waals surface area contributed by atoms with E-state index < -0.39 is 5.82 Å². The number of hydrogen-bond acceptors (Lipinski definition) is 5. The number of nitrogens with one attached hydrogen (secondary N) is 1. The Labute approximate surface area is 112 Å². The van der Waals surface area contributed by atoms with Crippen LogP contribution in [0.3, 0.4) is 0 Å². The van der Waals surface area contributed by atoms with Crippen molar-refractivity contribution in [3.8, 4) is 0 Å². The molecular formula is C11H12FN5OS. The fraction of sp³-hybridized carbons (Fsp3) is 0.182. The van der Waals surface area contributed by atoms with Crippen molar-refractivity contribution < 1.29 is 9.60 Å². The lowest BCUT2D eigenvalue weighted by Crippen LogP contribution is -2.13. The van der Waals surface area contributed by atoms with Crippen molar-refractivity contribution in [3.63, 3.8) is 0 Å². The molecular weight excluding hydrogens is 269 g/mol. The van der Waals surface area contributed by atoms with Crippen LogP contribution in [0.5, 0.6) is 0 Å². The lowest BCUT2D eigenvalue weighted by atomic mass is 10.1. The Morgan fingerprint density at radius 2 is 2.32 bits per heavy atom. The van der Waals surface area contributed by atoms with Crippen LogP contribution in [0.1, 0.15) is 17.0 Å². The molecule has 0 fully saturated rings. The van der Waals surface area contributed by atoms with Crippen LogP contribution in [0.25, 0.3) is 0 Å². The number of benzene rings is 1. The quantitative estimate of drug-likeness (QED) is 0.260. The average Bonchev–Trinajstić information content (AvgIpc) is 2.80. The predicted octanol–water partition coefficient (Wildman–Crippen LogP) is 1.64. The Hall–Kier alpha value is -2.09. The van der Waals surface area contributed by atoms with Crippen molar-refractivity contribution in [3.05, 3.63) is 41.0 Å². The summed E-state index contributed by atoms with van der Waals surface area (Å²) in [5.74, 6) is 0.644. The number of nitrogens with zero attached hydrogens (tertiary/aromatic N) is 3. The maximum atomic E-state index is 13.4. The lowest BCUT2D eigenvalue weighted by molar-refractivity contribution is 0.318. The Balaban J connectivity index is 2.14. The molecule has 0 bridgehead atoms. The average molecular weight is 281 g/mol. The molecule has 0 aliphatic carbocycles. The monoisotopic (exact) mass is 281 g/mol. The van der Waals surface area contributed by atoms with E-state index in [-0.39, 0.29) is 5.84 Å². The van der Waals surface area contributed by atoms with Gasteiger partial charge in [0.1, 0.15) is 11.6 Å². The molecule has 1 heterocycles. The van der Waals surface area contributed by atoms with Gasteiger partial charge in [0.15, 0.2) is 5.84 Å². The highest BCUT2D eigenvalue weighted by Crippen LogP contribution is 2.20. The summed E-state index contributed by atoms with van der Waals surface area (Å²) >= 11 is 1.37. The van der Waals surface area contributed by atoms with E-state index in [2.05, 4.69) is 20.3 Å². The van der Waals surface area contributed by atoms with E-state index in [0.717, 1.165) is 5.82 Å². The van der Waals surface area contributed by atoms with Gasteiger partial charge in [-0.15, -0.1) is 5.10 Å². The number of rotatable bonds is 4. The van der Waals surface area contributed by atoms with Crippen molar-refractivity contribution in [2.24, 2.45) is 10.9 Å². The van der Waals surface area contributed by atoms with Crippen LogP contribution in [0.15, 0.2) is 28.5 Å². The Bertz CT molecular complexity index is 613. The van der Waals surface area contributed by atoms with Crippen LogP contribution < -0.4 is 5.73 Å². The fourth-order valence-electron chi connectivity index (χ4n) is 1.47. The van der Waals surface area contributed by atoms with Gasteiger partial charge in [0.2, 0.25) is 5.16 Å². The zero-order valence-corrected chi connectivity index (χ0v) is 10.9. The highest BCUT2D eigenvalue weighted by atomic mass is 32.2. The Morgan fingerprint density at radius 1 is 1.53 bits per heavy atom. The third-order valence-electron chi connectivity index (χ3n) is 2.31. The first-order chi connectivity index (χ1) is 9.08. The molecule has 0 aliphatic rings. The summed E-state index contributed by atoms with van der Waals surface area (Å²) in [6.45, 7) is 1.80. The van der Waals surface area contributed by atoms with Crippen LogP contribution >= 0.6 is 11.8 Å². The van der Waals surface area contributed by atoms with Gasteiger partial charge in [-0.05, 0) is 30.7 Å². The number of nitrogens with two attached hydrogens (primary N) is 1. The molecule has 1 aromatic carbocycles. The summed E-state index contributed by atoms with van der Waals surface area (Å²) in [5.41, 5.74) is 6.48. The molecule has 0 aliphatic heterocycles. The minimum atomic E-state index is -0.439. The van der Waals surface area contributed by atoms with Crippen molar-refractivity contribution in [2.45, 2.75) is 17.8 Å². The van der Waals surface area contributed by atoms with Gasteiger partial charge >= 0.3 is 0 Å². The summed E-state index contributed by atoms with van der Waals surface area (Å²) < 4.78 is 13.4. The molecule has 1 aromatic heterocycles. The normalized spacial score (nSPS) is 11.8. The molecule has 0 unspecified atom stereocenters. The number of halogens is 1. The molecule has 100 valence electrons. The minimum Gasteiger partial charge on any atom is -0.409 e. The maximum absolute atomic E-state index is 13.4. The molecule has 19 heavy (non-hydrogen) atoms. The van der Waals surface area contributed by atoms with Crippen LogP contribution in [-0.2, 0) is 5.75 Å². The number of H-pyrrole nitrogens is 1. The van der Waals surface area contributed by atoms with Crippen molar-refractivity contribution in [2.75, 3.05) is 0 Å². The van der Waals surface area contributed by atoms with Crippen molar-refractivity contribution in [1.29, 1.82) is 0 Å². The van der Waals surface area contributed by atoms with E-state index in [1.807, 2.05) is 0 Å². The molecule has 4 N–H and O–H groups in total. The second-order valence-electron chi connectivity index (χ2n) is 3.83. The number of aromatic nitrogens is 3. The van der Waals surface area contributed by atoms with Gasteiger partial charge in [0.05, 0.1) is 0 Å². The fourth-order valence-corrected chi connectivity index (χ4v) is 2.25. The topological polar surface area (TPSA) is 100 Å². The first-order valence-electron chi connectivity index (χ1n) is 5.37. The molecule has 0 atom stereocenters. The highest BCUT2D eigenvalue weighted by Gasteiger charge is 2.07. The second-order valence-corrected chi connectivity index (χ2v) is 4.77. The van der Waals surface area contributed by atoms with Crippen LogP contribution in [0, 0.1) is 12.7 Å². The Kier molecular flexibility index (Phi) is 4.00. The number of thioether (sulfide) groups is 1. The standard InChI is InChI=1S/C11H12FN5OS/c1-6-14-11(16-15-6)19-5-7-2-8(10(13)17-18)4-9(12)3-7/h2-4,18H,5H2,1H3,(H2,13,17)(H,14,15,16). The zero-order chi connectivity index (χ0) is 13.8. The third kappa shape index (κ3) is 3.44. The van der Waals surface area contributed by atoms with E-state index in [9.17, 15) is 4.39 Å². The molecule has 6 nitrogen and oxygen atoms in total.